The molecule has 9 nitrogen and oxygen atoms in total. The Hall–Kier alpha value is -4.45. The standard InChI is InChI=1S/C21H14N8O/c22-8-18(30)13-28-12-16(9-26-28)20-11-25-21-24-10-17(29(21)27-20)7-14-3-4-19-15(6-14)2-1-5-23-19/h1-6,9-12H,7,13H2. The summed E-state index contributed by atoms with van der Waals surface area (Å²) >= 11 is 0. The van der Waals surface area contributed by atoms with Crippen LogP contribution in [0.15, 0.2) is 61.3 Å². The molecule has 30 heavy (non-hydrogen) atoms. The number of carbonyl (C=O) groups is 1. The van der Waals surface area contributed by atoms with Crippen LogP contribution in [0, 0.1) is 11.3 Å². The van der Waals surface area contributed by atoms with E-state index in [9.17, 15) is 4.79 Å². The Bertz CT molecular complexity index is 1440. The first-order valence-electron chi connectivity index (χ1n) is 9.19. The van der Waals surface area contributed by atoms with Crippen molar-refractivity contribution in [2.45, 2.75) is 13.0 Å². The minimum absolute atomic E-state index is 0.0979. The highest BCUT2D eigenvalue weighted by Gasteiger charge is 2.12. The molecule has 144 valence electrons. The molecule has 4 heterocycles. The lowest BCUT2D eigenvalue weighted by Gasteiger charge is -2.04. The van der Waals surface area contributed by atoms with E-state index in [2.05, 4.69) is 31.2 Å². The molecule has 5 rings (SSSR count). The fraction of sp³-hybridized carbons (Fsp3) is 0.0952. The molecule has 0 unspecified atom stereocenters. The molecule has 0 saturated heterocycles. The lowest BCUT2D eigenvalue weighted by molar-refractivity contribution is -0.114. The van der Waals surface area contributed by atoms with E-state index < -0.39 is 5.78 Å². The Morgan fingerprint density at radius 2 is 2.00 bits per heavy atom. The van der Waals surface area contributed by atoms with E-state index in [1.54, 1.807) is 41.6 Å². The van der Waals surface area contributed by atoms with Gasteiger partial charge in [-0.15, -0.1) is 0 Å². The second kappa shape index (κ2) is 7.18. The van der Waals surface area contributed by atoms with Gasteiger partial charge in [0.25, 0.3) is 11.6 Å². The molecule has 0 N–H and O–H groups in total. The minimum atomic E-state index is -0.561. The Morgan fingerprint density at radius 3 is 2.90 bits per heavy atom. The first-order valence-corrected chi connectivity index (χ1v) is 9.19. The summed E-state index contributed by atoms with van der Waals surface area (Å²) in [7, 11) is 0. The van der Waals surface area contributed by atoms with Crippen molar-refractivity contribution >= 4 is 22.5 Å². The fourth-order valence-electron chi connectivity index (χ4n) is 3.28. The van der Waals surface area contributed by atoms with Crippen LogP contribution in [0.3, 0.4) is 0 Å². The van der Waals surface area contributed by atoms with Crippen molar-refractivity contribution in [3.05, 3.63) is 72.6 Å². The van der Waals surface area contributed by atoms with Gasteiger partial charge in [-0.1, -0.05) is 12.1 Å². The summed E-state index contributed by atoms with van der Waals surface area (Å²) in [5, 5.41) is 18.5. The first-order chi connectivity index (χ1) is 14.7. The van der Waals surface area contributed by atoms with E-state index >= 15 is 0 Å². The number of rotatable bonds is 5. The van der Waals surface area contributed by atoms with Crippen molar-refractivity contribution < 1.29 is 4.79 Å². The maximum absolute atomic E-state index is 11.3. The van der Waals surface area contributed by atoms with Crippen LogP contribution in [0.1, 0.15) is 11.3 Å². The second-order valence-corrected chi connectivity index (χ2v) is 6.77. The number of fused-ring (bicyclic) bond motifs is 2. The molecule has 4 aromatic heterocycles. The molecule has 0 fully saturated rings. The van der Waals surface area contributed by atoms with Crippen molar-refractivity contribution in [3.63, 3.8) is 0 Å². The lowest BCUT2D eigenvalue weighted by Crippen LogP contribution is -2.07. The third kappa shape index (κ3) is 3.27. The highest BCUT2D eigenvalue weighted by Crippen LogP contribution is 2.19. The summed E-state index contributed by atoms with van der Waals surface area (Å²) in [6.45, 7) is -0.0979. The van der Waals surface area contributed by atoms with E-state index in [1.165, 1.54) is 4.68 Å². The average molecular weight is 394 g/mol. The predicted octanol–water partition coefficient (Wildman–Crippen LogP) is 2.22. The number of benzene rings is 1. The van der Waals surface area contributed by atoms with Gasteiger partial charge < -0.3 is 0 Å². The number of carbonyl (C=O) groups excluding carboxylic acids is 1. The highest BCUT2D eigenvalue weighted by molar-refractivity contribution is 5.93. The molecule has 1 aromatic carbocycles. The average Bonchev–Trinajstić information content (AvgIpc) is 3.40. The molecular weight excluding hydrogens is 380 g/mol. The lowest BCUT2D eigenvalue weighted by atomic mass is 10.1. The highest BCUT2D eigenvalue weighted by atomic mass is 16.1. The number of hydrogen-bond donors (Lipinski definition) is 0. The number of hydrogen-bond acceptors (Lipinski definition) is 7. The zero-order valence-electron chi connectivity index (χ0n) is 15.7. The minimum Gasteiger partial charge on any atom is -0.280 e. The van der Waals surface area contributed by atoms with Gasteiger partial charge in [0.2, 0.25) is 0 Å². The van der Waals surface area contributed by atoms with Crippen LogP contribution in [0.25, 0.3) is 27.9 Å². The van der Waals surface area contributed by atoms with E-state index in [1.807, 2.05) is 24.3 Å². The molecule has 0 saturated carbocycles. The number of ketones is 1. The Balaban J connectivity index is 1.47. The zero-order chi connectivity index (χ0) is 20.5. The molecule has 0 aliphatic rings. The molecule has 0 bridgehead atoms. The SMILES string of the molecule is N#CC(=O)Cn1cc(-c2cnc3ncc(Cc4ccc5ncccc5c4)n3n2)cn1. The fourth-order valence-corrected chi connectivity index (χ4v) is 3.28. The number of Topliss-reactive ketones (excluding diaryl/α,β-unsaturated/α-hetero) is 1. The third-order valence-corrected chi connectivity index (χ3v) is 4.71. The van der Waals surface area contributed by atoms with Gasteiger partial charge in [0.1, 0.15) is 18.3 Å². The van der Waals surface area contributed by atoms with Gasteiger partial charge in [0.05, 0.1) is 29.8 Å². The number of pyridine rings is 1. The number of nitriles is 1. The summed E-state index contributed by atoms with van der Waals surface area (Å²) in [5.74, 6) is -0.0584. The summed E-state index contributed by atoms with van der Waals surface area (Å²) in [6, 6.07) is 11.7. The monoisotopic (exact) mass is 394 g/mol. The largest absolute Gasteiger partial charge is 0.280 e. The third-order valence-electron chi connectivity index (χ3n) is 4.71. The number of aromatic nitrogens is 7. The van der Waals surface area contributed by atoms with Gasteiger partial charge in [-0.2, -0.15) is 15.5 Å². The predicted molar refractivity (Wildman–Crippen MR) is 107 cm³/mol. The Kier molecular flexibility index (Phi) is 4.22. The van der Waals surface area contributed by atoms with Gasteiger partial charge in [-0.05, 0) is 23.8 Å². The summed E-state index contributed by atoms with van der Waals surface area (Å²) in [5.41, 5.74) is 4.27. The first kappa shape index (κ1) is 17.6. The normalized spacial score (nSPS) is 11.0. The van der Waals surface area contributed by atoms with Gasteiger partial charge in [0, 0.05) is 29.8 Å². The summed E-state index contributed by atoms with van der Waals surface area (Å²) in [6.07, 6.45) is 9.05. The second-order valence-electron chi connectivity index (χ2n) is 6.77. The molecule has 9 heteroatoms. The van der Waals surface area contributed by atoms with Crippen molar-refractivity contribution in [1.82, 2.24) is 34.3 Å². The van der Waals surface area contributed by atoms with Crippen molar-refractivity contribution in [2.75, 3.05) is 0 Å². The molecule has 0 aliphatic heterocycles. The molecular formula is C21H14N8O. The molecule has 0 aliphatic carbocycles. The van der Waals surface area contributed by atoms with Gasteiger partial charge in [0.15, 0.2) is 0 Å². The smallest absolute Gasteiger partial charge is 0.253 e. The van der Waals surface area contributed by atoms with E-state index in [-0.39, 0.29) is 6.54 Å². The Morgan fingerprint density at radius 1 is 1.10 bits per heavy atom. The van der Waals surface area contributed by atoms with Crippen LogP contribution in [0.5, 0.6) is 0 Å². The maximum Gasteiger partial charge on any atom is 0.253 e. The molecule has 0 amide bonds. The topological polar surface area (TPSA) is 115 Å². The van der Waals surface area contributed by atoms with Crippen LogP contribution in [0.4, 0.5) is 0 Å². The van der Waals surface area contributed by atoms with Gasteiger partial charge >= 0.3 is 0 Å². The summed E-state index contributed by atoms with van der Waals surface area (Å²) in [4.78, 5) is 24.4. The number of nitrogens with zero attached hydrogens (tertiary/aromatic N) is 8. The van der Waals surface area contributed by atoms with E-state index in [0.717, 1.165) is 22.2 Å². The quantitative estimate of drug-likeness (QED) is 0.420. The van der Waals surface area contributed by atoms with Crippen LogP contribution in [0.2, 0.25) is 0 Å². The van der Waals surface area contributed by atoms with Crippen LogP contribution < -0.4 is 0 Å². The van der Waals surface area contributed by atoms with E-state index in [0.29, 0.717) is 23.5 Å². The van der Waals surface area contributed by atoms with Crippen molar-refractivity contribution in [3.8, 4) is 17.3 Å². The van der Waals surface area contributed by atoms with Crippen LogP contribution >= 0.6 is 0 Å². The summed E-state index contributed by atoms with van der Waals surface area (Å²) < 4.78 is 3.12. The van der Waals surface area contributed by atoms with Crippen molar-refractivity contribution in [1.29, 1.82) is 5.26 Å². The zero-order valence-corrected chi connectivity index (χ0v) is 15.7. The Labute approximate surface area is 170 Å². The number of imidazole rings is 1. The van der Waals surface area contributed by atoms with Crippen LogP contribution in [-0.4, -0.2) is 40.1 Å². The van der Waals surface area contributed by atoms with Crippen molar-refractivity contribution in [2.24, 2.45) is 0 Å². The molecule has 5 aromatic rings. The van der Waals surface area contributed by atoms with Gasteiger partial charge in [-0.3, -0.25) is 14.5 Å². The molecule has 0 atom stereocenters. The molecule has 0 radical (unpaired) electrons. The maximum atomic E-state index is 11.3. The van der Waals surface area contributed by atoms with E-state index in [4.69, 9.17) is 5.26 Å². The molecule has 0 spiro atoms. The van der Waals surface area contributed by atoms with Gasteiger partial charge in [-0.25, -0.2) is 14.5 Å². The van der Waals surface area contributed by atoms with Crippen LogP contribution in [-0.2, 0) is 17.8 Å².